The van der Waals surface area contributed by atoms with Gasteiger partial charge in [0.25, 0.3) is 0 Å². The van der Waals surface area contributed by atoms with Crippen LogP contribution >= 0.6 is 0 Å². The molecule has 0 aliphatic heterocycles. The van der Waals surface area contributed by atoms with Crippen LogP contribution in [0, 0.1) is 5.82 Å². The Morgan fingerprint density at radius 2 is 1.87 bits per heavy atom. The van der Waals surface area contributed by atoms with E-state index in [9.17, 15) is 9.18 Å². The number of hydrogen-bond acceptors (Lipinski definition) is 3. The molecule has 0 spiro atoms. The van der Waals surface area contributed by atoms with Crippen molar-refractivity contribution in [2.75, 3.05) is 6.61 Å². The third-order valence-electron chi connectivity index (χ3n) is 3.37. The summed E-state index contributed by atoms with van der Waals surface area (Å²) in [5.74, 6) is 0.371. The highest BCUT2D eigenvalue weighted by molar-refractivity contribution is 5.81. The Kier molecular flexibility index (Phi) is 4.24. The molecule has 23 heavy (non-hydrogen) atoms. The summed E-state index contributed by atoms with van der Waals surface area (Å²) in [4.78, 5) is 12.1. The van der Waals surface area contributed by atoms with Gasteiger partial charge in [-0.2, -0.15) is 0 Å². The fourth-order valence-electron chi connectivity index (χ4n) is 2.24. The first kappa shape index (κ1) is 15.0. The molecule has 0 saturated carbocycles. The number of hydrogen-bond donors (Lipinski definition) is 0. The Morgan fingerprint density at radius 3 is 2.61 bits per heavy atom. The van der Waals surface area contributed by atoms with E-state index in [2.05, 4.69) is 0 Å². The maximum absolute atomic E-state index is 12.9. The third kappa shape index (κ3) is 3.48. The van der Waals surface area contributed by atoms with Crippen LogP contribution in [0.15, 0.2) is 57.7 Å². The van der Waals surface area contributed by atoms with Crippen molar-refractivity contribution in [1.29, 1.82) is 0 Å². The lowest BCUT2D eigenvalue weighted by atomic mass is 10.1. The predicted molar refractivity (Wildman–Crippen MR) is 89.0 cm³/mol. The van der Waals surface area contributed by atoms with E-state index in [1.54, 1.807) is 36.4 Å². The second-order valence-corrected chi connectivity index (χ2v) is 5.01. The minimum Gasteiger partial charge on any atom is -0.494 e. The van der Waals surface area contributed by atoms with Crippen LogP contribution in [-0.2, 0) is 0 Å². The number of benzene rings is 2. The smallest absolute Gasteiger partial charge is 0.343 e. The summed E-state index contributed by atoms with van der Waals surface area (Å²) in [5, 5.41) is 0.812. The van der Waals surface area contributed by atoms with Crippen molar-refractivity contribution >= 4 is 23.1 Å². The highest BCUT2D eigenvalue weighted by Crippen LogP contribution is 2.21. The highest BCUT2D eigenvalue weighted by Gasteiger charge is 2.04. The van der Waals surface area contributed by atoms with Crippen molar-refractivity contribution < 1.29 is 13.5 Å². The second-order valence-electron chi connectivity index (χ2n) is 5.01. The van der Waals surface area contributed by atoms with Gasteiger partial charge >= 0.3 is 5.63 Å². The first-order valence-corrected chi connectivity index (χ1v) is 7.30. The first-order chi connectivity index (χ1) is 11.2. The van der Waals surface area contributed by atoms with Gasteiger partial charge in [-0.05, 0) is 48.9 Å². The lowest BCUT2D eigenvalue weighted by Crippen LogP contribution is -2.02. The van der Waals surface area contributed by atoms with Crippen molar-refractivity contribution in [3.63, 3.8) is 0 Å². The predicted octanol–water partition coefficient (Wildman–Crippen LogP) is 4.50. The normalized spacial score (nSPS) is 11.2. The van der Waals surface area contributed by atoms with Crippen LogP contribution in [-0.4, -0.2) is 6.61 Å². The van der Waals surface area contributed by atoms with Gasteiger partial charge < -0.3 is 9.15 Å². The molecule has 0 aliphatic carbocycles. The van der Waals surface area contributed by atoms with Gasteiger partial charge in [-0.25, -0.2) is 9.18 Å². The minimum atomic E-state index is -0.426. The van der Waals surface area contributed by atoms with E-state index in [-0.39, 0.29) is 5.82 Å². The minimum absolute atomic E-state index is 0.294. The van der Waals surface area contributed by atoms with Crippen molar-refractivity contribution in [1.82, 2.24) is 0 Å². The van der Waals surface area contributed by atoms with Crippen molar-refractivity contribution in [2.45, 2.75) is 6.92 Å². The zero-order valence-corrected chi connectivity index (χ0v) is 12.6. The van der Waals surface area contributed by atoms with Crippen LogP contribution in [0.25, 0.3) is 23.1 Å². The molecule has 3 rings (SSSR count). The standard InChI is InChI=1S/C19H15FO3/c1-2-22-17-10-7-14-11-15(19(21)23-18(14)12-17)6-3-13-4-8-16(20)9-5-13/h3-12H,2H2,1H3/b6-3+. The van der Waals surface area contributed by atoms with E-state index >= 15 is 0 Å². The number of fused-ring (bicyclic) bond motifs is 1. The largest absolute Gasteiger partial charge is 0.494 e. The van der Waals surface area contributed by atoms with E-state index < -0.39 is 5.63 Å². The van der Waals surface area contributed by atoms with Gasteiger partial charge in [-0.1, -0.05) is 18.2 Å². The van der Waals surface area contributed by atoms with E-state index in [1.807, 2.05) is 19.1 Å². The van der Waals surface area contributed by atoms with Crippen molar-refractivity contribution in [3.05, 3.63) is 75.9 Å². The first-order valence-electron chi connectivity index (χ1n) is 7.30. The molecular weight excluding hydrogens is 295 g/mol. The molecule has 0 bridgehead atoms. The molecule has 0 amide bonds. The van der Waals surface area contributed by atoms with E-state index in [0.717, 1.165) is 10.9 Å². The third-order valence-corrected chi connectivity index (χ3v) is 3.37. The lowest BCUT2D eigenvalue weighted by Gasteiger charge is -2.04. The quantitative estimate of drug-likeness (QED) is 0.666. The summed E-state index contributed by atoms with van der Waals surface area (Å²) < 4.78 is 23.6. The van der Waals surface area contributed by atoms with Crippen LogP contribution in [0.3, 0.4) is 0 Å². The Hall–Kier alpha value is -2.88. The maximum atomic E-state index is 12.9. The molecule has 1 heterocycles. The molecule has 0 saturated heterocycles. The van der Waals surface area contributed by atoms with E-state index in [4.69, 9.17) is 9.15 Å². The Morgan fingerprint density at radius 1 is 1.09 bits per heavy atom. The summed E-state index contributed by atoms with van der Waals surface area (Å²) in [5.41, 5.74) is 1.30. The van der Waals surface area contributed by atoms with Gasteiger partial charge in [-0.3, -0.25) is 0 Å². The molecule has 3 aromatic rings. The van der Waals surface area contributed by atoms with Gasteiger partial charge in [-0.15, -0.1) is 0 Å². The highest BCUT2D eigenvalue weighted by atomic mass is 19.1. The Bertz CT molecular complexity index is 908. The molecule has 0 fully saturated rings. The van der Waals surface area contributed by atoms with Crippen LogP contribution in [0.1, 0.15) is 18.1 Å². The van der Waals surface area contributed by atoms with E-state index in [0.29, 0.717) is 23.5 Å². The Labute approximate surface area is 132 Å². The molecule has 0 unspecified atom stereocenters. The molecule has 116 valence electrons. The van der Waals surface area contributed by atoms with Gasteiger partial charge in [0.15, 0.2) is 0 Å². The molecule has 2 aromatic carbocycles. The summed E-state index contributed by atoms with van der Waals surface area (Å²) in [7, 11) is 0. The van der Waals surface area contributed by atoms with Crippen molar-refractivity contribution in [3.8, 4) is 5.75 Å². The topological polar surface area (TPSA) is 39.4 Å². The van der Waals surface area contributed by atoms with E-state index in [1.165, 1.54) is 12.1 Å². The zero-order valence-electron chi connectivity index (χ0n) is 12.6. The SMILES string of the molecule is CCOc1ccc2cc(/C=C/c3ccc(F)cc3)c(=O)oc2c1. The summed E-state index contributed by atoms with van der Waals surface area (Å²) in [6.07, 6.45) is 3.40. The van der Waals surface area contributed by atoms with Gasteiger partial charge in [0.2, 0.25) is 0 Å². The van der Waals surface area contributed by atoms with Gasteiger partial charge in [0, 0.05) is 11.5 Å². The summed E-state index contributed by atoms with van der Waals surface area (Å²) in [6.45, 7) is 2.44. The molecular formula is C19H15FO3. The van der Waals surface area contributed by atoms with Crippen LogP contribution < -0.4 is 10.4 Å². The van der Waals surface area contributed by atoms with Crippen LogP contribution in [0.5, 0.6) is 5.75 Å². The number of rotatable bonds is 4. The number of ether oxygens (including phenoxy) is 1. The molecule has 0 N–H and O–H groups in total. The van der Waals surface area contributed by atoms with Gasteiger partial charge in [0.1, 0.15) is 17.1 Å². The molecule has 0 aliphatic rings. The fourth-order valence-corrected chi connectivity index (χ4v) is 2.24. The molecule has 4 heteroatoms. The van der Waals surface area contributed by atoms with Crippen molar-refractivity contribution in [2.24, 2.45) is 0 Å². The lowest BCUT2D eigenvalue weighted by molar-refractivity contribution is 0.340. The van der Waals surface area contributed by atoms with Gasteiger partial charge in [0.05, 0.1) is 12.2 Å². The Balaban J connectivity index is 1.95. The summed E-state index contributed by atoms with van der Waals surface area (Å²) >= 11 is 0. The average molecular weight is 310 g/mol. The summed E-state index contributed by atoms with van der Waals surface area (Å²) in [6, 6.07) is 13.2. The fraction of sp³-hybridized carbons (Fsp3) is 0.105. The zero-order chi connectivity index (χ0) is 16.2. The van der Waals surface area contributed by atoms with Crippen LogP contribution in [0.4, 0.5) is 4.39 Å². The molecule has 0 atom stereocenters. The maximum Gasteiger partial charge on any atom is 0.343 e. The second kappa shape index (κ2) is 6.48. The average Bonchev–Trinajstić information content (AvgIpc) is 2.55. The molecule has 1 aromatic heterocycles. The molecule has 3 nitrogen and oxygen atoms in total. The van der Waals surface area contributed by atoms with Crippen LogP contribution in [0.2, 0.25) is 0 Å². The number of halogens is 1. The molecule has 0 radical (unpaired) electrons. The monoisotopic (exact) mass is 310 g/mol.